The van der Waals surface area contributed by atoms with Crippen molar-refractivity contribution in [3.8, 4) is 0 Å². The summed E-state index contributed by atoms with van der Waals surface area (Å²) in [5, 5.41) is 1.76. The quantitative estimate of drug-likeness (QED) is 0.493. The minimum Gasteiger partial charge on any atom is -0.459 e. The van der Waals surface area contributed by atoms with Crippen LogP contribution in [-0.2, 0) is 19.1 Å². The molecule has 2 N–H and O–H groups in total. The van der Waals surface area contributed by atoms with Crippen molar-refractivity contribution in [1.29, 1.82) is 0 Å². The standard InChI is InChI=1S/C22H45N5O4/c1-8-24-9-11-25(17-19(28)31-22(5,6)7)13-15-27(23)16-14-26(12-10-24)18-30-20(29)21(2,3)4/h8-18,23H2,1-7H3. The van der Waals surface area contributed by atoms with Crippen LogP contribution in [0.2, 0.25) is 0 Å². The molecule has 31 heavy (non-hydrogen) atoms. The van der Waals surface area contributed by atoms with E-state index in [-0.39, 0.29) is 25.2 Å². The maximum atomic E-state index is 12.3. The number of carbonyl (C=O) groups excluding carboxylic acids is 2. The molecular weight excluding hydrogens is 398 g/mol. The molecule has 0 radical (unpaired) electrons. The Morgan fingerprint density at radius 1 is 0.806 bits per heavy atom. The molecule has 0 aliphatic carbocycles. The van der Waals surface area contributed by atoms with Crippen LogP contribution in [0.3, 0.4) is 0 Å². The average molecular weight is 444 g/mol. The first-order valence-electron chi connectivity index (χ1n) is 11.4. The van der Waals surface area contributed by atoms with Gasteiger partial charge >= 0.3 is 11.9 Å². The fraction of sp³-hybridized carbons (Fsp3) is 0.909. The lowest BCUT2D eigenvalue weighted by molar-refractivity contribution is -0.158. The lowest BCUT2D eigenvalue weighted by atomic mass is 9.98. The summed E-state index contributed by atoms with van der Waals surface area (Å²) in [6.45, 7) is 20.7. The minimum absolute atomic E-state index is 0.201. The molecule has 1 fully saturated rings. The van der Waals surface area contributed by atoms with Gasteiger partial charge in [-0.15, -0.1) is 0 Å². The molecule has 1 rings (SSSR count). The molecule has 9 nitrogen and oxygen atoms in total. The lowest BCUT2D eigenvalue weighted by Crippen LogP contribution is -2.49. The molecule has 0 saturated carbocycles. The first kappa shape index (κ1) is 27.8. The summed E-state index contributed by atoms with van der Waals surface area (Å²) in [6.07, 6.45) is 0. The maximum absolute atomic E-state index is 12.3. The second kappa shape index (κ2) is 12.7. The summed E-state index contributed by atoms with van der Waals surface area (Å²) >= 11 is 0. The molecule has 1 aliphatic heterocycles. The minimum atomic E-state index is -0.514. The molecule has 1 aliphatic rings. The third-order valence-electron chi connectivity index (χ3n) is 5.08. The number of rotatable bonds is 5. The maximum Gasteiger partial charge on any atom is 0.320 e. The van der Waals surface area contributed by atoms with E-state index < -0.39 is 11.0 Å². The Labute approximate surface area is 188 Å². The van der Waals surface area contributed by atoms with E-state index in [1.165, 1.54) is 0 Å². The highest BCUT2D eigenvalue weighted by atomic mass is 16.6. The van der Waals surface area contributed by atoms with Gasteiger partial charge in [-0.1, -0.05) is 6.92 Å². The Hall–Kier alpha value is -1.26. The van der Waals surface area contributed by atoms with Gasteiger partial charge in [0, 0.05) is 52.4 Å². The van der Waals surface area contributed by atoms with Gasteiger partial charge in [0.2, 0.25) is 0 Å². The van der Waals surface area contributed by atoms with Gasteiger partial charge in [0.15, 0.2) is 0 Å². The number of hydrazine groups is 1. The monoisotopic (exact) mass is 443 g/mol. The first-order chi connectivity index (χ1) is 14.3. The van der Waals surface area contributed by atoms with Gasteiger partial charge in [-0.25, -0.2) is 5.01 Å². The summed E-state index contributed by atoms with van der Waals surface area (Å²) in [4.78, 5) is 31.0. The summed E-state index contributed by atoms with van der Waals surface area (Å²) in [7, 11) is 0. The smallest absolute Gasteiger partial charge is 0.320 e. The van der Waals surface area contributed by atoms with Crippen molar-refractivity contribution in [3.05, 3.63) is 0 Å². The Morgan fingerprint density at radius 3 is 1.81 bits per heavy atom. The van der Waals surface area contributed by atoms with Gasteiger partial charge < -0.3 is 14.4 Å². The lowest BCUT2D eigenvalue weighted by Gasteiger charge is -2.33. The van der Waals surface area contributed by atoms with Crippen molar-refractivity contribution in [2.75, 3.05) is 72.2 Å². The van der Waals surface area contributed by atoms with E-state index in [4.69, 9.17) is 15.3 Å². The Bertz CT molecular complexity index is 559. The van der Waals surface area contributed by atoms with E-state index in [0.29, 0.717) is 26.2 Å². The molecule has 182 valence electrons. The second-order valence-corrected chi connectivity index (χ2v) is 10.3. The van der Waals surface area contributed by atoms with Crippen LogP contribution in [0.25, 0.3) is 0 Å². The Balaban J connectivity index is 2.69. The van der Waals surface area contributed by atoms with Crippen LogP contribution < -0.4 is 5.84 Å². The highest BCUT2D eigenvalue weighted by molar-refractivity contribution is 5.75. The molecule has 0 unspecified atom stereocenters. The van der Waals surface area contributed by atoms with Crippen LogP contribution >= 0.6 is 0 Å². The molecular formula is C22H45N5O4. The van der Waals surface area contributed by atoms with E-state index in [0.717, 1.165) is 32.7 Å². The average Bonchev–Trinajstić information content (AvgIpc) is 2.63. The highest BCUT2D eigenvalue weighted by Crippen LogP contribution is 2.15. The largest absolute Gasteiger partial charge is 0.459 e. The number of hydrogen-bond donors (Lipinski definition) is 1. The number of carbonyl (C=O) groups is 2. The summed E-state index contributed by atoms with van der Waals surface area (Å²) in [5.41, 5.74) is -1.00. The van der Waals surface area contributed by atoms with Crippen LogP contribution in [0.4, 0.5) is 0 Å². The number of hydrogen-bond acceptors (Lipinski definition) is 9. The SMILES string of the molecule is CCN1CCN(COC(=O)C(C)(C)C)CCN(N)CCN(CC(=O)OC(C)(C)C)CC1. The van der Waals surface area contributed by atoms with Crippen molar-refractivity contribution >= 4 is 11.9 Å². The summed E-state index contributed by atoms with van der Waals surface area (Å²) in [6, 6.07) is 0. The molecule has 9 heteroatoms. The second-order valence-electron chi connectivity index (χ2n) is 10.3. The van der Waals surface area contributed by atoms with Gasteiger partial charge in [0.25, 0.3) is 0 Å². The summed E-state index contributed by atoms with van der Waals surface area (Å²) in [5.74, 6) is 5.79. The predicted octanol–water partition coefficient (Wildman–Crippen LogP) is 0.990. The van der Waals surface area contributed by atoms with E-state index in [1.54, 1.807) is 5.01 Å². The van der Waals surface area contributed by atoms with Crippen molar-refractivity contribution < 1.29 is 19.1 Å². The van der Waals surface area contributed by atoms with Crippen LogP contribution in [0.15, 0.2) is 0 Å². The normalized spacial score (nSPS) is 20.0. The number of nitrogens with zero attached hydrogens (tertiary/aromatic N) is 4. The number of likely N-dealkylation sites (N-methyl/N-ethyl adjacent to an activating group) is 1. The van der Waals surface area contributed by atoms with E-state index in [2.05, 4.69) is 21.6 Å². The van der Waals surface area contributed by atoms with Crippen LogP contribution in [0.1, 0.15) is 48.5 Å². The zero-order chi connectivity index (χ0) is 23.7. The number of ether oxygens (including phenoxy) is 2. The van der Waals surface area contributed by atoms with E-state index in [1.807, 2.05) is 41.5 Å². The van der Waals surface area contributed by atoms with Gasteiger partial charge in [-0.3, -0.25) is 25.2 Å². The zero-order valence-electron chi connectivity index (χ0n) is 20.8. The third kappa shape index (κ3) is 12.4. The van der Waals surface area contributed by atoms with Crippen molar-refractivity contribution in [3.63, 3.8) is 0 Å². The number of esters is 2. The third-order valence-corrected chi connectivity index (χ3v) is 5.08. The molecule has 0 aromatic rings. The summed E-state index contributed by atoms with van der Waals surface area (Å²) < 4.78 is 11.0. The van der Waals surface area contributed by atoms with E-state index >= 15 is 0 Å². The number of nitrogens with two attached hydrogens (primary N) is 1. The van der Waals surface area contributed by atoms with Crippen molar-refractivity contribution in [1.82, 2.24) is 19.7 Å². The molecule has 0 aromatic carbocycles. The van der Waals surface area contributed by atoms with Crippen molar-refractivity contribution in [2.24, 2.45) is 11.3 Å². The molecule has 0 amide bonds. The van der Waals surface area contributed by atoms with Crippen LogP contribution in [0, 0.1) is 5.41 Å². The molecule has 0 spiro atoms. The highest BCUT2D eigenvalue weighted by Gasteiger charge is 2.24. The zero-order valence-corrected chi connectivity index (χ0v) is 20.8. The van der Waals surface area contributed by atoms with Gasteiger partial charge in [0.05, 0.1) is 12.0 Å². The van der Waals surface area contributed by atoms with Gasteiger partial charge in [-0.2, -0.15) is 0 Å². The Morgan fingerprint density at radius 2 is 1.29 bits per heavy atom. The fourth-order valence-corrected chi connectivity index (χ4v) is 3.08. The molecule has 0 bridgehead atoms. The van der Waals surface area contributed by atoms with Crippen LogP contribution in [0.5, 0.6) is 0 Å². The van der Waals surface area contributed by atoms with Gasteiger partial charge in [0.1, 0.15) is 12.3 Å². The molecule has 0 aromatic heterocycles. The molecule has 1 heterocycles. The first-order valence-corrected chi connectivity index (χ1v) is 11.4. The van der Waals surface area contributed by atoms with Gasteiger partial charge in [-0.05, 0) is 48.1 Å². The van der Waals surface area contributed by atoms with Crippen molar-refractivity contribution in [2.45, 2.75) is 54.1 Å². The molecule has 0 atom stereocenters. The van der Waals surface area contributed by atoms with E-state index in [9.17, 15) is 9.59 Å². The predicted molar refractivity (Wildman–Crippen MR) is 122 cm³/mol. The molecule has 1 saturated heterocycles. The topological polar surface area (TPSA) is 91.6 Å². The Kier molecular flexibility index (Phi) is 11.4. The van der Waals surface area contributed by atoms with Crippen LogP contribution in [-0.4, -0.2) is 109 Å². The fourth-order valence-electron chi connectivity index (χ4n) is 3.08.